The summed E-state index contributed by atoms with van der Waals surface area (Å²) in [7, 11) is -3.82. The molecule has 2 rings (SSSR count). The van der Waals surface area contributed by atoms with E-state index in [4.69, 9.17) is 0 Å². The normalized spacial score (nSPS) is 11.7. The first-order valence-corrected chi connectivity index (χ1v) is 9.22. The molecule has 0 bridgehead atoms. The number of amides is 1. The molecule has 9 heteroatoms. The van der Waals surface area contributed by atoms with E-state index in [1.807, 2.05) is 0 Å². The largest absolute Gasteiger partial charge is 0.351 e. The third-order valence-electron chi connectivity index (χ3n) is 3.73. The van der Waals surface area contributed by atoms with Crippen LogP contribution in [0.5, 0.6) is 0 Å². The molecule has 7 nitrogen and oxygen atoms in total. The van der Waals surface area contributed by atoms with Gasteiger partial charge in [-0.3, -0.25) is 9.89 Å². The highest BCUT2D eigenvalue weighted by molar-refractivity contribution is 7.89. The van der Waals surface area contributed by atoms with E-state index >= 15 is 0 Å². The Balaban J connectivity index is 2.05. The molecule has 0 aliphatic rings. The lowest BCUT2D eigenvalue weighted by atomic mass is 10.2. The van der Waals surface area contributed by atoms with Gasteiger partial charge in [0.2, 0.25) is 15.9 Å². The lowest BCUT2D eigenvalue weighted by molar-refractivity contribution is -0.121. The number of aromatic amines is 1. The van der Waals surface area contributed by atoms with Gasteiger partial charge in [0.15, 0.2) is 0 Å². The number of nitrogens with one attached hydrogen (secondary N) is 2. The quantitative estimate of drug-likeness (QED) is 0.774. The number of sulfonamides is 1. The van der Waals surface area contributed by atoms with E-state index in [2.05, 4.69) is 15.5 Å². The highest BCUT2D eigenvalue weighted by Crippen LogP contribution is 2.21. The van der Waals surface area contributed by atoms with Gasteiger partial charge < -0.3 is 5.32 Å². The molecule has 0 saturated heterocycles. The number of halogens is 1. The topological polar surface area (TPSA) is 95.2 Å². The maximum atomic E-state index is 12.9. The highest BCUT2D eigenvalue weighted by atomic mass is 32.2. The van der Waals surface area contributed by atoms with Crippen molar-refractivity contribution in [1.82, 2.24) is 19.8 Å². The van der Waals surface area contributed by atoms with E-state index in [0.717, 1.165) is 9.87 Å². The Morgan fingerprint density at radius 1 is 1.28 bits per heavy atom. The first kappa shape index (κ1) is 19.1. The second-order valence-electron chi connectivity index (χ2n) is 5.60. The molecule has 0 atom stereocenters. The minimum atomic E-state index is -3.82. The molecule has 1 aromatic heterocycles. The van der Waals surface area contributed by atoms with Crippen molar-refractivity contribution >= 4 is 15.9 Å². The number of benzene rings is 1. The average molecular weight is 368 g/mol. The zero-order valence-electron chi connectivity index (χ0n) is 14.3. The Morgan fingerprint density at radius 3 is 2.44 bits per heavy atom. The number of carbonyl (C=O) groups excluding carboxylic acids is 1. The van der Waals surface area contributed by atoms with Gasteiger partial charge >= 0.3 is 0 Å². The fraction of sp³-hybridized carbons (Fsp3) is 0.375. The maximum absolute atomic E-state index is 12.9. The molecule has 1 heterocycles. The molecule has 0 aliphatic heterocycles. The molecule has 0 spiro atoms. The molecular formula is C16H21FN4O3S. The predicted octanol–water partition coefficient (Wildman–Crippen LogP) is 1.49. The average Bonchev–Trinajstić information content (AvgIpc) is 2.91. The van der Waals surface area contributed by atoms with Crippen LogP contribution in [-0.2, 0) is 21.4 Å². The number of nitrogens with zero attached hydrogens (tertiary/aromatic N) is 2. The monoisotopic (exact) mass is 368 g/mol. The summed E-state index contributed by atoms with van der Waals surface area (Å²) in [6, 6.07) is 5.72. The molecule has 25 heavy (non-hydrogen) atoms. The van der Waals surface area contributed by atoms with Gasteiger partial charge in [-0.05, 0) is 31.5 Å². The standard InChI is InChI=1S/C16H21FN4O3S/c1-4-21(25(23,24)16-11(2)19-20-12(16)3)10-15(22)18-9-13-5-7-14(17)8-6-13/h5-8H,4,9-10H2,1-3H3,(H,18,22)(H,19,20). The number of rotatable bonds is 7. The van der Waals surface area contributed by atoms with Crippen LogP contribution in [0.3, 0.4) is 0 Å². The number of hydrogen-bond donors (Lipinski definition) is 2. The van der Waals surface area contributed by atoms with Gasteiger partial charge in [0, 0.05) is 13.1 Å². The van der Waals surface area contributed by atoms with Crippen molar-refractivity contribution in [3.8, 4) is 0 Å². The third kappa shape index (κ3) is 4.43. The summed E-state index contributed by atoms with van der Waals surface area (Å²) in [5, 5.41) is 9.18. The Labute approximate surface area is 146 Å². The van der Waals surface area contributed by atoms with E-state index in [1.165, 1.54) is 12.1 Å². The van der Waals surface area contributed by atoms with Crippen LogP contribution in [0.25, 0.3) is 0 Å². The van der Waals surface area contributed by atoms with Crippen molar-refractivity contribution in [3.63, 3.8) is 0 Å². The van der Waals surface area contributed by atoms with Gasteiger partial charge in [0.25, 0.3) is 0 Å². The van der Waals surface area contributed by atoms with Gasteiger partial charge in [-0.25, -0.2) is 12.8 Å². The number of aromatic nitrogens is 2. The molecule has 0 unspecified atom stereocenters. The lowest BCUT2D eigenvalue weighted by Gasteiger charge is -2.20. The van der Waals surface area contributed by atoms with Crippen LogP contribution in [0.1, 0.15) is 23.9 Å². The Morgan fingerprint density at radius 2 is 1.92 bits per heavy atom. The zero-order valence-corrected chi connectivity index (χ0v) is 15.2. The van der Waals surface area contributed by atoms with Crippen LogP contribution in [-0.4, -0.2) is 41.9 Å². The minimum Gasteiger partial charge on any atom is -0.351 e. The molecule has 1 amide bonds. The number of aryl methyl sites for hydroxylation is 2. The van der Waals surface area contributed by atoms with Crippen LogP contribution >= 0.6 is 0 Å². The van der Waals surface area contributed by atoms with E-state index in [1.54, 1.807) is 32.9 Å². The molecule has 136 valence electrons. The first-order valence-electron chi connectivity index (χ1n) is 7.78. The van der Waals surface area contributed by atoms with Crippen LogP contribution in [0.15, 0.2) is 29.2 Å². The van der Waals surface area contributed by atoms with E-state index < -0.39 is 15.9 Å². The summed E-state index contributed by atoms with van der Waals surface area (Å²) in [5.74, 6) is -0.794. The summed E-state index contributed by atoms with van der Waals surface area (Å²) < 4.78 is 39.5. The van der Waals surface area contributed by atoms with Crippen molar-refractivity contribution in [2.24, 2.45) is 0 Å². The summed E-state index contributed by atoms with van der Waals surface area (Å²) in [4.78, 5) is 12.2. The number of carbonyl (C=O) groups is 1. The summed E-state index contributed by atoms with van der Waals surface area (Å²) in [6.45, 7) is 4.92. The molecule has 0 aliphatic carbocycles. The third-order valence-corrected chi connectivity index (χ3v) is 5.92. The van der Waals surface area contributed by atoms with Crippen LogP contribution in [0.2, 0.25) is 0 Å². The Bertz CT molecular complexity index is 827. The lowest BCUT2D eigenvalue weighted by Crippen LogP contribution is -2.40. The molecule has 2 N–H and O–H groups in total. The Kier molecular flexibility index (Phi) is 5.91. The van der Waals surface area contributed by atoms with Crippen LogP contribution in [0, 0.1) is 19.7 Å². The van der Waals surface area contributed by atoms with Crippen molar-refractivity contribution in [1.29, 1.82) is 0 Å². The van der Waals surface area contributed by atoms with E-state index in [-0.39, 0.29) is 30.3 Å². The zero-order chi connectivity index (χ0) is 18.6. The predicted molar refractivity (Wildman–Crippen MR) is 90.7 cm³/mol. The minimum absolute atomic E-state index is 0.0979. The Hall–Kier alpha value is -2.26. The second kappa shape index (κ2) is 7.75. The van der Waals surface area contributed by atoms with Gasteiger partial charge in [-0.1, -0.05) is 19.1 Å². The van der Waals surface area contributed by atoms with Gasteiger partial charge in [-0.15, -0.1) is 0 Å². The van der Waals surface area contributed by atoms with Crippen LogP contribution in [0.4, 0.5) is 4.39 Å². The van der Waals surface area contributed by atoms with Gasteiger partial charge in [-0.2, -0.15) is 9.40 Å². The molecule has 0 saturated carbocycles. The van der Waals surface area contributed by atoms with E-state index in [9.17, 15) is 17.6 Å². The molecular weight excluding hydrogens is 347 g/mol. The number of likely N-dealkylation sites (N-methyl/N-ethyl adjacent to an activating group) is 1. The summed E-state index contributed by atoms with van der Waals surface area (Å²) >= 11 is 0. The van der Waals surface area contributed by atoms with Crippen molar-refractivity contribution in [3.05, 3.63) is 47.0 Å². The number of hydrogen-bond acceptors (Lipinski definition) is 4. The fourth-order valence-electron chi connectivity index (χ4n) is 2.44. The van der Waals surface area contributed by atoms with Crippen LogP contribution < -0.4 is 5.32 Å². The number of H-pyrrole nitrogens is 1. The van der Waals surface area contributed by atoms with Gasteiger partial charge in [0.1, 0.15) is 10.7 Å². The first-order chi connectivity index (χ1) is 11.8. The summed E-state index contributed by atoms with van der Waals surface area (Å²) in [5.41, 5.74) is 1.52. The molecule has 1 aromatic carbocycles. The second-order valence-corrected chi connectivity index (χ2v) is 7.47. The van der Waals surface area contributed by atoms with Crippen molar-refractivity contribution in [2.75, 3.05) is 13.1 Å². The maximum Gasteiger partial charge on any atom is 0.247 e. The SMILES string of the molecule is CCN(CC(=O)NCc1ccc(F)cc1)S(=O)(=O)c1c(C)n[nH]c1C. The van der Waals surface area contributed by atoms with Crippen molar-refractivity contribution < 1.29 is 17.6 Å². The summed E-state index contributed by atoms with van der Waals surface area (Å²) in [6.07, 6.45) is 0. The van der Waals surface area contributed by atoms with Gasteiger partial charge in [0.05, 0.1) is 17.9 Å². The molecule has 0 radical (unpaired) electrons. The smallest absolute Gasteiger partial charge is 0.247 e. The van der Waals surface area contributed by atoms with Crippen molar-refractivity contribution in [2.45, 2.75) is 32.2 Å². The van der Waals surface area contributed by atoms with E-state index in [0.29, 0.717) is 11.4 Å². The molecule has 2 aromatic rings. The highest BCUT2D eigenvalue weighted by Gasteiger charge is 2.29. The molecule has 0 fully saturated rings. The fourth-order valence-corrected chi connectivity index (χ4v) is 4.17.